The number of aromatic nitrogens is 2. The molecule has 0 unspecified atom stereocenters. The summed E-state index contributed by atoms with van der Waals surface area (Å²) in [5.41, 5.74) is 4.95. The number of carboxylic acids is 1. The second-order valence-corrected chi connectivity index (χ2v) is 8.08. The van der Waals surface area contributed by atoms with Crippen molar-refractivity contribution in [1.29, 1.82) is 0 Å². The molecular weight excluding hydrogens is 443 g/mol. The Labute approximate surface area is 196 Å². The Balaban J connectivity index is 1.55. The third-order valence-electron chi connectivity index (χ3n) is 5.16. The molecule has 6 heteroatoms. The van der Waals surface area contributed by atoms with Crippen LogP contribution in [-0.2, 0) is 6.54 Å². The molecule has 1 aromatic heterocycles. The average molecular weight is 463 g/mol. The highest BCUT2D eigenvalue weighted by molar-refractivity contribution is 6.36. The fourth-order valence-corrected chi connectivity index (χ4v) is 3.91. The summed E-state index contributed by atoms with van der Waals surface area (Å²) in [6, 6.07) is 20.3. The average Bonchev–Trinajstić information content (AvgIpc) is 3.21. The van der Waals surface area contributed by atoms with E-state index in [0.29, 0.717) is 10.0 Å². The maximum atomic E-state index is 11.0. The Kier molecular flexibility index (Phi) is 6.45. The molecule has 0 saturated heterocycles. The maximum Gasteiger partial charge on any atom is 0.335 e. The Morgan fingerprint density at radius 1 is 0.969 bits per heavy atom. The standard InChI is InChI=1S/C26H20Cl2N2O2/c1-2-30-16-24(22-13-12-21(27)15-23(22)28)29-25(30)14-5-17-3-6-18(7-4-17)19-8-10-20(11-9-19)26(31)32/h3-16H,2H2,1H3,(H,31,32). The van der Waals surface area contributed by atoms with E-state index in [1.807, 2.05) is 60.8 Å². The molecule has 0 aliphatic rings. The number of hydrogen-bond donors (Lipinski definition) is 1. The first-order valence-corrected chi connectivity index (χ1v) is 10.8. The summed E-state index contributed by atoms with van der Waals surface area (Å²) in [5, 5.41) is 10.2. The van der Waals surface area contributed by atoms with Gasteiger partial charge in [0.15, 0.2) is 0 Å². The highest BCUT2D eigenvalue weighted by Gasteiger charge is 2.10. The van der Waals surface area contributed by atoms with Crippen LogP contribution < -0.4 is 0 Å². The van der Waals surface area contributed by atoms with E-state index in [1.165, 1.54) is 0 Å². The second-order valence-electron chi connectivity index (χ2n) is 7.23. The van der Waals surface area contributed by atoms with Crippen LogP contribution in [0, 0.1) is 0 Å². The van der Waals surface area contributed by atoms with Gasteiger partial charge in [-0.3, -0.25) is 0 Å². The topological polar surface area (TPSA) is 55.1 Å². The van der Waals surface area contributed by atoms with Crippen molar-refractivity contribution in [1.82, 2.24) is 9.55 Å². The van der Waals surface area contributed by atoms with Crippen LogP contribution in [0.4, 0.5) is 0 Å². The van der Waals surface area contributed by atoms with Crippen molar-refractivity contribution in [3.8, 4) is 22.4 Å². The molecule has 1 heterocycles. The number of aryl methyl sites for hydroxylation is 1. The van der Waals surface area contributed by atoms with E-state index >= 15 is 0 Å². The summed E-state index contributed by atoms with van der Waals surface area (Å²) in [6.45, 7) is 2.85. The van der Waals surface area contributed by atoms with Crippen molar-refractivity contribution >= 4 is 41.3 Å². The van der Waals surface area contributed by atoms with Gasteiger partial charge in [0.1, 0.15) is 5.82 Å². The largest absolute Gasteiger partial charge is 0.478 e. The van der Waals surface area contributed by atoms with Crippen molar-refractivity contribution in [3.05, 3.63) is 99.9 Å². The molecule has 3 aromatic carbocycles. The van der Waals surface area contributed by atoms with Crippen molar-refractivity contribution in [2.75, 3.05) is 0 Å². The van der Waals surface area contributed by atoms with Crippen LogP contribution in [0.15, 0.2) is 72.9 Å². The van der Waals surface area contributed by atoms with Crippen LogP contribution in [0.3, 0.4) is 0 Å². The third kappa shape index (κ3) is 4.77. The SMILES string of the molecule is CCn1cc(-c2ccc(Cl)cc2Cl)nc1C=Cc1ccc(-c2ccc(C(=O)O)cc2)cc1. The molecule has 4 rings (SSSR count). The van der Waals surface area contributed by atoms with Gasteiger partial charge in [-0.2, -0.15) is 0 Å². The molecular formula is C26H20Cl2N2O2. The van der Waals surface area contributed by atoms with Gasteiger partial charge in [-0.25, -0.2) is 9.78 Å². The lowest BCUT2D eigenvalue weighted by molar-refractivity contribution is 0.0697. The maximum absolute atomic E-state index is 11.0. The molecule has 32 heavy (non-hydrogen) atoms. The highest BCUT2D eigenvalue weighted by Crippen LogP contribution is 2.30. The molecule has 0 aliphatic heterocycles. The van der Waals surface area contributed by atoms with Gasteiger partial charge in [-0.1, -0.05) is 65.7 Å². The smallest absolute Gasteiger partial charge is 0.335 e. The Bertz CT molecular complexity index is 1290. The molecule has 0 bridgehead atoms. The number of nitrogens with zero attached hydrogens (tertiary/aromatic N) is 2. The minimum Gasteiger partial charge on any atom is -0.478 e. The van der Waals surface area contributed by atoms with Crippen molar-refractivity contribution in [2.24, 2.45) is 0 Å². The predicted octanol–water partition coefficient (Wildman–Crippen LogP) is 7.41. The molecule has 0 saturated carbocycles. The van der Waals surface area contributed by atoms with Crippen LogP contribution in [0.1, 0.15) is 28.7 Å². The normalized spacial score (nSPS) is 11.2. The molecule has 4 nitrogen and oxygen atoms in total. The first-order chi connectivity index (χ1) is 15.4. The predicted molar refractivity (Wildman–Crippen MR) is 131 cm³/mol. The summed E-state index contributed by atoms with van der Waals surface area (Å²) in [5.74, 6) is -0.0918. The van der Waals surface area contributed by atoms with Crippen LogP contribution in [0.2, 0.25) is 10.0 Å². The molecule has 160 valence electrons. The van der Waals surface area contributed by atoms with Gasteiger partial charge in [0, 0.05) is 23.3 Å². The van der Waals surface area contributed by atoms with Crippen LogP contribution in [0.25, 0.3) is 34.5 Å². The molecule has 0 aliphatic carbocycles. The summed E-state index contributed by atoms with van der Waals surface area (Å²) in [4.78, 5) is 15.8. The van der Waals surface area contributed by atoms with Gasteiger partial charge >= 0.3 is 5.97 Å². The number of hydrogen-bond acceptors (Lipinski definition) is 2. The number of carboxylic acid groups (broad SMARTS) is 1. The Morgan fingerprint density at radius 2 is 1.62 bits per heavy atom. The Morgan fingerprint density at radius 3 is 2.22 bits per heavy atom. The summed E-state index contributed by atoms with van der Waals surface area (Å²) in [7, 11) is 0. The van der Waals surface area contributed by atoms with E-state index in [0.717, 1.165) is 40.3 Å². The number of carbonyl (C=O) groups is 1. The van der Waals surface area contributed by atoms with E-state index < -0.39 is 5.97 Å². The van der Waals surface area contributed by atoms with Gasteiger partial charge in [0.05, 0.1) is 16.3 Å². The van der Waals surface area contributed by atoms with Gasteiger partial charge in [-0.15, -0.1) is 0 Å². The van der Waals surface area contributed by atoms with Gasteiger partial charge in [0.2, 0.25) is 0 Å². The zero-order chi connectivity index (χ0) is 22.7. The highest BCUT2D eigenvalue weighted by atomic mass is 35.5. The van der Waals surface area contributed by atoms with Crippen LogP contribution in [-0.4, -0.2) is 20.6 Å². The zero-order valence-corrected chi connectivity index (χ0v) is 18.8. The minimum atomic E-state index is -0.927. The van der Waals surface area contributed by atoms with E-state index in [1.54, 1.807) is 24.3 Å². The monoisotopic (exact) mass is 462 g/mol. The van der Waals surface area contributed by atoms with Crippen LogP contribution in [0.5, 0.6) is 0 Å². The lowest BCUT2D eigenvalue weighted by Crippen LogP contribution is -1.95. The van der Waals surface area contributed by atoms with Crippen LogP contribution >= 0.6 is 23.2 Å². The summed E-state index contributed by atoms with van der Waals surface area (Å²) >= 11 is 12.4. The second kappa shape index (κ2) is 9.43. The molecule has 0 amide bonds. The van der Waals surface area contributed by atoms with Gasteiger partial charge in [0.25, 0.3) is 0 Å². The van der Waals surface area contributed by atoms with E-state index in [4.69, 9.17) is 33.3 Å². The number of benzene rings is 3. The number of imidazole rings is 1. The molecule has 0 radical (unpaired) electrons. The fraction of sp³-hybridized carbons (Fsp3) is 0.0769. The van der Waals surface area contributed by atoms with E-state index in [9.17, 15) is 4.79 Å². The minimum absolute atomic E-state index is 0.277. The van der Waals surface area contributed by atoms with Gasteiger partial charge < -0.3 is 9.67 Å². The number of halogens is 2. The number of aromatic carboxylic acids is 1. The lowest BCUT2D eigenvalue weighted by atomic mass is 10.0. The first-order valence-electron chi connectivity index (χ1n) is 10.1. The molecule has 0 fully saturated rings. The van der Waals surface area contributed by atoms with Crippen molar-refractivity contribution in [3.63, 3.8) is 0 Å². The van der Waals surface area contributed by atoms with Gasteiger partial charge in [-0.05, 0) is 60.0 Å². The van der Waals surface area contributed by atoms with Crippen molar-refractivity contribution < 1.29 is 9.90 Å². The summed E-state index contributed by atoms with van der Waals surface area (Å²) < 4.78 is 2.06. The fourth-order valence-electron chi connectivity index (χ4n) is 3.41. The third-order valence-corrected chi connectivity index (χ3v) is 5.70. The zero-order valence-electron chi connectivity index (χ0n) is 17.3. The molecule has 0 spiro atoms. The molecule has 4 aromatic rings. The van der Waals surface area contributed by atoms with Crippen molar-refractivity contribution in [2.45, 2.75) is 13.5 Å². The molecule has 1 N–H and O–H groups in total. The Hall–Kier alpha value is -3.34. The lowest BCUT2D eigenvalue weighted by Gasteiger charge is -2.03. The molecule has 0 atom stereocenters. The van der Waals surface area contributed by atoms with E-state index in [2.05, 4.69) is 11.5 Å². The van der Waals surface area contributed by atoms with E-state index in [-0.39, 0.29) is 5.56 Å². The quantitative estimate of drug-likeness (QED) is 0.324. The first kappa shape index (κ1) is 21.9. The number of rotatable bonds is 6. The summed E-state index contributed by atoms with van der Waals surface area (Å²) in [6.07, 6.45) is 5.98.